The Morgan fingerprint density at radius 3 is 2.56 bits per heavy atom. The smallest absolute Gasteiger partial charge is 0.148 e. The Morgan fingerprint density at radius 1 is 1.22 bits per heavy atom. The first-order chi connectivity index (χ1) is 8.66. The van der Waals surface area contributed by atoms with Crippen LogP contribution in [0, 0.1) is 6.92 Å². The van der Waals surface area contributed by atoms with Gasteiger partial charge < -0.3 is 5.32 Å². The van der Waals surface area contributed by atoms with Crippen LogP contribution in [0.25, 0.3) is 11.0 Å². The maximum Gasteiger partial charge on any atom is 0.148 e. The van der Waals surface area contributed by atoms with E-state index in [1.54, 1.807) is 0 Å². The minimum Gasteiger partial charge on any atom is -0.369 e. The van der Waals surface area contributed by atoms with Gasteiger partial charge in [-0.2, -0.15) is 0 Å². The van der Waals surface area contributed by atoms with Gasteiger partial charge in [0.25, 0.3) is 0 Å². The first kappa shape index (κ1) is 13.1. The van der Waals surface area contributed by atoms with Crippen molar-refractivity contribution in [2.24, 2.45) is 0 Å². The molecule has 1 N–H and O–H groups in total. The molecule has 0 spiro atoms. The molecule has 0 aliphatic carbocycles. The Labute approximate surface area is 113 Å². The Bertz CT molecular complexity index is 525. The number of halogens is 1. The van der Waals surface area contributed by atoms with Crippen LogP contribution in [-0.4, -0.2) is 21.9 Å². The summed E-state index contributed by atoms with van der Waals surface area (Å²) in [6.07, 6.45) is 2.05. The molecule has 1 aromatic heterocycles. The molecule has 0 fully saturated rings. The third-order valence-electron chi connectivity index (χ3n) is 2.82. The van der Waals surface area contributed by atoms with Crippen molar-refractivity contribution in [1.29, 1.82) is 0 Å². The van der Waals surface area contributed by atoms with Crippen LogP contribution in [0.15, 0.2) is 24.3 Å². The van der Waals surface area contributed by atoms with Crippen LogP contribution >= 0.6 is 11.6 Å². The minimum atomic E-state index is 0.232. The van der Waals surface area contributed by atoms with Crippen molar-refractivity contribution >= 4 is 28.5 Å². The number of aromatic nitrogens is 2. The number of rotatable bonds is 5. The normalized spacial score (nSPS) is 12.6. The monoisotopic (exact) mass is 263 g/mol. The van der Waals surface area contributed by atoms with E-state index in [-0.39, 0.29) is 5.38 Å². The number of anilines is 1. The van der Waals surface area contributed by atoms with E-state index in [9.17, 15) is 0 Å². The summed E-state index contributed by atoms with van der Waals surface area (Å²) in [5.41, 5.74) is 2.80. The number of para-hydroxylation sites is 2. The molecular formula is C14H18ClN3. The highest BCUT2D eigenvalue weighted by Crippen LogP contribution is 2.16. The predicted molar refractivity (Wildman–Crippen MR) is 77.3 cm³/mol. The molecule has 4 heteroatoms. The second kappa shape index (κ2) is 6.01. The molecule has 1 aromatic carbocycles. The van der Waals surface area contributed by atoms with Gasteiger partial charge in [-0.1, -0.05) is 12.1 Å². The van der Waals surface area contributed by atoms with Crippen LogP contribution in [0.1, 0.15) is 25.5 Å². The van der Waals surface area contributed by atoms with E-state index in [0.717, 1.165) is 41.9 Å². The summed E-state index contributed by atoms with van der Waals surface area (Å²) in [6.45, 7) is 4.87. The van der Waals surface area contributed by atoms with Gasteiger partial charge in [-0.3, -0.25) is 0 Å². The van der Waals surface area contributed by atoms with Crippen molar-refractivity contribution in [2.45, 2.75) is 32.1 Å². The van der Waals surface area contributed by atoms with Crippen LogP contribution in [0.4, 0.5) is 5.82 Å². The zero-order valence-electron chi connectivity index (χ0n) is 10.8. The van der Waals surface area contributed by atoms with E-state index >= 15 is 0 Å². The van der Waals surface area contributed by atoms with Crippen LogP contribution in [0.2, 0.25) is 0 Å². The van der Waals surface area contributed by atoms with Crippen molar-refractivity contribution in [2.75, 3.05) is 11.9 Å². The van der Waals surface area contributed by atoms with Crippen molar-refractivity contribution < 1.29 is 0 Å². The molecule has 3 nitrogen and oxygen atoms in total. The largest absolute Gasteiger partial charge is 0.369 e. The lowest BCUT2D eigenvalue weighted by molar-refractivity contribution is 0.748. The highest BCUT2D eigenvalue weighted by Gasteiger charge is 2.04. The van der Waals surface area contributed by atoms with Gasteiger partial charge in [0, 0.05) is 11.9 Å². The molecule has 2 rings (SSSR count). The minimum absolute atomic E-state index is 0.232. The predicted octanol–water partition coefficient (Wildman–Crippen LogP) is 3.76. The molecule has 0 aliphatic rings. The van der Waals surface area contributed by atoms with E-state index in [1.165, 1.54) is 0 Å². The van der Waals surface area contributed by atoms with Gasteiger partial charge in [-0.05, 0) is 38.8 Å². The molecule has 96 valence electrons. The Morgan fingerprint density at radius 2 is 1.89 bits per heavy atom. The van der Waals surface area contributed by atoms with Gasteiger partial charge >= 0.3 is 0 Å². The van der Waals surface area contributed by atoms with Crippen LogP contribution in [0.5, 0.6) is 0 Å². The van der Waals surface area contributed by atoms with Crippen molar-refractivity contribution in [3.63, 3.8) is 0 Å². The summed E-state index contributed by atoms with van der Waals surface area (Å²) in [7, 11) is 0. The number of nitrogens with zero attached hydrogens (tertiary/aromatic N) is 2. The van der Waals surface area contributed by atoms with Crippen LogP contribution in [0.3, 0.4) is 0 Å². The summed E-state index contributed by atoms with van der Waals surface area (Å²) in [5, 5.41) is 3.56. The number of aryl methyl sites for hydroxylation is 1. The first-order valence-electron chi connectivity index (χ1n) is 6.28. The van der Waals surface area contributed by atoms with E-state index in [4.69, 9.17) is 11.6 Å². The van der Waals surface area contributed by atoms with Crippen LogP contribution in [-0.2, 0) is 0 Å². The van der Waals surface area contributed by atoms with Gasteiger partial charge in [-0.25, -0.2) is 9.97 Å². The molecule has 0 bridgehead atoms. The molecular weight excluding hydrogens is 246 g/mol. The highest BCUT2D eigenvalue weighted by atomic mass is 35.5. The van der Waals surface area contributed by atoms with E-state index in [1.807, 2.05) is 38.1 Å². The third kappa shape index (κ3) is 3.33. The molecule has 0 aliphatic heterocycles. The zero-order chi connectivity index (χ0) is 13.0. The Kier molecular flexibility index (Phi) is 4.37. The number of hydrogen-bond donors (Lipinski definition) is 1. The number of benzene rings is 1. The van der Waals surface area contributed by atoms with Gasteiger partial charge in [0.05, 0.1) is 16.7 Å². The molecule has 0 radical (unpaired) electrons. The number of hydrogen-bond acceptors (Lipinski definition) is 3. The molecule has 2 aromatic rings. The van der Waals surface area contributed by atoms with E-state index in [0.29, 0.717) is 0 Å². The zero-order valence-corrected chi connectivity index (χ0v) is 11.5. The third-order valence-corrected chi connectivity index (χ3v) is 3.03. The number of fused-ring (bicyclic) bond motifs is 1. The summed E-state index contributed by atoms with van der Waals surface area (Å²) >= 11 is 5.91. The molecule has 1 atom stereocenters. The second-order valence-electron chi connectivity index (χ2n) is 4.50. The van der Waals surface area contributed by atoms with Crippen molar-refractivity contribution in [3.8, 4) is 0 Å². The topological polar surface area (TPSA) is 37.8 Å². The lowest BCUT2D eigenvalue weighted by Gasteiger charge is -2.09. The maximum atomic E-state index is 5.91. The average Bonchev–Trinajstić information content (AvgIpc) is 2.34. The van der Waals surface area contributed by atoms with Gasteiger partial charge in [0.15, 0.2) is 0 Å². The maximum absolute atomic E-state index is 5.91. The fraction of sp³-hybridized carbons (Fsp3) is 0.429. The molecule has 1 unspecified atom stereocenters. The fourth-order valence-corrected chi connectivity index (χ4v) is 2.00. The number of nitrogens with one attached hydrogen (secondary N) is 1. The SMILES string of the molecule is Cc1nc2ccccc2nc1NCCCC(C)Cl. The van der Waals surface area contributed by atoms with Crippen LogP contribution < -0.4 is 5.32 Å². The molecule has 0 saturated carbocycles. The molecule has 18 heavy (non-hydrogen) atoms. The fourth-order valence-electron chi connectivity index (χ4n) is 1.85. The Balaban J connectivity index is 2.06. The van der Waals surface area contributed by atoms with Crippen molar-refractivity contribution in [1.82, 2.24) is 9.97 Å². The number of alkyl halides is 1. The Hall–Kier alpha value is -1.35. The lowest BCUT2D eigenvalue weighted by Crippen LogP contribution is -2.07. The van der Waals surface area contributed by atoms with Gasteiger partial charge in [0.2, 0.25) is 0 Å². The quantitative estimate of drug-likeness (QED) is 0.659. The highest BCUT2D eigenvalue weighted by molar-refractivity contribution is 6.20. The first-order valence-corrected chi connectivity index (χ1v) is 6.72. The lowest BCUT2D eigenvalue weighted by atomic mass is 10.2. The van der Waals surface area contributed by atoms with Gasteiger partial charge in [-0.15, -0.1) is 11.6 Å². The van der Waals surface area contributed by atoms with Crippen molar-refractivity contribution in [3.05, 3.63) is 30.0 Å². The summed E-state index contributed by atoms with van der Waals surface area (Å²) in [6, 6.07) is 7.92. The molecule has 1 heterocycles. The summed E-state index contributed by atoms with van der Waals surface area (Å²) in [5.74, 6) is 0.871. The van der Waals surface area contributed by atoms with E-state index < -0.39 is 0 Å². The standard InChI is InChI=1S/C14H18ClN3/c1-10(15)6-5-9-16-14-11(2)17-12-7-3-4-8-13(12)18-14/h3-4,7-8,10H,5-6,9H2,1-2H3,(H,16,18). The average molecular weight is 264 g/mol. The van der Waals surface area contributed by atoms with E-state index in [2.05, 4.69) is 15.3 Å². The molecule has 0 amide bonds. The molecule has 0 saturated heterocycles. The summed E-state index contributed by atoms with van der Waals surface area (Å²) < 4.78 is 0. The summed E-state index contributed by atoms with van der Waals surface area (Å²) in [4.78, 5) is 9.12. The second-order valence-corrected chi connectivity index (χ2v) is 5.24. The van der Waals surface area contributed by atoms with Gasteiger partial charge in [0.1, 0.15) is 5.82 Å².